The Bertz CT molecular complexity index is 2220. The summed E-state index contributed by atoms with van der Waals surface area (Å²) in [4.78, 5) is 65.1. The highest BCUT2D eigenvalue weighted by molar-refractivity contribution is 6.09. The molecule has 0 saturated carbocycles. The summed E-state index contributed by atoms with van der Waals surface area (Å²) in [7, 11) is 0. The molecule has 0 aliphatic carbocycles. The van der Waals surface area contributed by atoms with Crippen molar-refractivity contribution in [3.63, 3.8) is 0 Å². The molecule has 0 saturated heterocycles. The van der Waals surface area contributed by atoms with Gasteiger partial charge in [0, 0.05) is 46.1 Å². The highest BCUT2D eigenvalue weighted by Crippen LogP contribution is 2.34. The molecule has 3 amide bonds. The Morgan fingerprint density at radius 1 is 0.746 bits per heavy atom. The normalized spacial score (nSPS) is 11.4. The minimum absolute atomic E-state index is 0.0164. The van der Waals surface area contributed by atoms with Crippen LogP contribution < -0.4 is 25.4 Å². The highest BCUT2D eigenvalue weighted by Gasteiger charge is 2.25. The monoisotopic (exact) mass is 806 g/mol. The molecule has 0 aliphatic rings. The van der Waals surface area contributed by atoms with Crippen LogP contribution in [0.3, 0.4) is 0 Å². The Kier molecular flexibility index (Phi) is 15.5. The summed E-state index contributed by atoms with van der Waals surface area (Å²) in [6.45, 7) is 21.4. The molecular formula is C44H50N6O9. The molecule has 59 heavy (non-hydrogen) atoms. The fourth-order valence-electron chi connectivity index (χ4n) is 5.51. The van der Waals surface area contributed by atoms with E-state index in [0.717, 1.165) is 0 Å². The molecule has 4 aromatic rings. The molecule has 0 radical (unpaired) electrons. The molecule has 0 fully saturated rings. The van der Waals surface area contributed by atoms with Crippen molar-refractivity contribution in [2.45, 2.75) is 54.7 Å². The van der Waals surface area contributed by atoms with Gasteiger partial charge in [0.05, 0.1) is 22.9 Å². The molecule has 1 heterocycles. The number of hydrogen-bond acceptors (Lipinski definition) is 11. The lowest BCUT2D eigenvalue weighted by Gasteiger charge is -2.19. The minimum Gasteiger partial charge on any atom is -0.488 e. The molecular weight excluding hydrogens is 757 g/mol. The number of carbonyl (C=O) groups is 5. The molecule has 3 aromatic carbocycles. The van der Waals surface area contributed by atoms with Crippen LogP contribution in [0, 0.1) is 25.2 Å². The van der Waals surface area contributed by atoms with Crippen molar-refractivity contribution >= 4 is 46.7 Å². The van der Waals surface area contributed by atoms with Gasteiger partial charge in [-0.2, -0.15) is 0 Å². The molecule has 1 aromatic heterocycles. The number of esters is 2. The predicted octanol–water partition coefficient (Wildman–Crippen LogP) is 7.24. The molecule has 1 atom stereocenters. The average Bonchev–Trinajstić information content (AvgIpc) is 3.65. The molecule has 15 heteroatoms. The number of nitrogens with zero attached hydrogens (tertiary/aromatic N) is 3. The number of ether oxygens (including phenoxy) is 4. The van der Waals surface area contributed by atoms with Gasteiger partial charge in [-0.1, -0.05) is 50.1 Å². The zero-order chi connectivity index (χ0) is 43.3. The van der Waals surface area contributed by atoms with Crippen LogP contribution in [0.4, 0.5) is 17.1 Å². The smallest absolute Gasteiger partial charge is 0.342 e. The molecule has 0 aliphatic heterocycles. The van der Waals surface area contributed by atoms with Crippen molar-refractivity contribution in [1.82, 2.24) is 15.0 Å². The maximum atomic E-state index is 13.7. The fraction of sp³-hybridized carbons (Fsp3) is 0.295. The highest BCUT2D eigenvalue weighted by atomic mass is 16.5. The van der Waals surface area contributed by atoms with E-state index < -0.39 is 29.1 Å². The standard InChI is InChI=1S/C44H50N6O9/c1-10-21-56-37-28(5)35(19-17-33(37)41(53)48-36-20-18-34(42(54)58-23-12-3)38(29(36)6)57-22-11-2)47-40(52)30-13-15-31(16-14-30)46-39(51)27(4)24-32-25-45-49-50(32)26-59-43(55)44(7,8)9/h10-20,25,27H,1-3,21-24,26H2,4-9H3,(H,46,51)(H,47,52)(H,48,53)/t27-/m0/s1. The first-order valence-corrected chi connectivity index (χ1v) is 18.7. The lowest BCUT2D eigenvalue weighted by atomic mass is 9.98. The Balaban J connectivity index is 1.44. The van der Waals surface area contributed by atoms with Crippen molar-refractivity contribution in [2.75, 3.05) is 35.8 Å². The first-order chi connectivity index (χ1) is 28.1. The third-order valence-corrected chi connectivity index (χ3v) is 8.80. The van der Waals surface area contributed by atoms with Gasteiger partial charge < -0.3 is 34.9 Å². The Morgan fingerprint density at radius 2 is 1.31 bits per heavy atom. The Labute approximate surface area is 343 Å². The minimum atomic E-state index is -0.672. The first kappa shape index (κ1) is 44.7. The predicted molar refractivity (Wildman–Crippen MR) is 224 cm³/mol. The summed E-state index contributed by atoms with van der Waals surface area (Å²) in [5, 5.41) is 16.5. The van der Waals surface area contributed by atoms with Crippen LogP contribution in [-0.2, 0) is 32.2 Å². The number of aromatic nitrogens is 3. The zero-order valence-electron chi connectivity index (χ0n) is 34.2. The maximum absolute atomic E-state index is 13.7. The SMILES string of the molecule is C=CCOC(=O)c1ccc(NC(=O)c2ccc(NC(=O)c3ccc(NC(=O)[C@@H](C)Cc4cnnn4COC(=O)C(C)(C)C)cc3)c(C)c2OCC=C)c(C)c1OCC=C. The van der Waals surface area contributed by atoms with Crippen LogP contribution in [0.1, 0.15) is 75.6 Å². The molecule has 3 N–H and O–H groups in total. The fourth-order valence-corrected chi connectivity index (χ4v) is 5.51. The third-order valence-electron chi connectivity index (χ3n) is 8.80. The number of hydrogen-bond donors (Lipinski definition) is 3. The third kappa shape index (κ3) is 11.8. The van der Waals surface area contributed by atoms with E-state index in [0.29, 0.717) is 39.4 Å². The summed E-state index contributed by atoms with van der Waals surface area (Å²) in [5.41, 5.74) is 2.86. The maximum Gasteiger partial charge on any atom is 0.342 e. The Morgan fingerprint density at radius 3 is 1.88 bits per heavy atom. The van der Waals surface area contributed by atoms with Crippen molar-refractivity contribution in [1.29, 1.82) is 0 Å². The van der Waals surface area contributed by atoms with E-state index in [-0.39, 0.29) is 67.5 Å². The number of carbonyl (C=O) groups excluding carboxylic acids is 5. The van der Waals surface area contributed by atoms with E-state index in [1.54, 1.807) is 77.9 Å². The topological polar surface area (TPSA) is 189 Å². The van der Waals surface area contributed by atoms with Crippen LogP contribution in [0.15, 0.2) is 92.7 Å². The molecule has 0 bridgehead atoms. The van der Waals surface area contributed by atoms with Gasteiger partial charge in [0.25, 0.3) is 11.8 Å². The Hall–Kier alpha value is -7.03. The molecule has 0 spiro atoms. The van der Waals surface area contributed by atoms with E-state index in [9.17, 15) is 24.0 Å². The zero-order valence-corrected chi connectivity index (χ0v) is 34.2. The number of benzene rings is 3. The van der Waals surface area contributed by atoms with E-state index in [1.165, 1.54) is 41.2 Å². The second kappa shape index (κ2) is 20.4. The van der Waals surface area contributed by atoms with Crippen molar-refractivity contribution < 1.29 is 42.9 Å². The van der Waals surface area contributed by atoms with Gasteiger partial charge >= 0.3 is 11.9 Å². The van der Waals surface area contributed by atoms with Crippen LogP contribution in [0.2, 0.25) is 0 Å². The van der Waals surface area contributed by atoms with Gasteiger partial charge in [-0.15, -0.1) is 5.10 Å². The van der Waals surface area contributed by atoms with E-state index in [2.05, 4.69) is 46.0 Å². The van der Waals surface area contributed by atoms with Gasteiger partial charge in [0.2, 0.25) is 5.91 Å². The van der Waals surface area contributed by atoms with Crippen molar-refractivity contribution in [3.8, 4) is 11.5 Å². The van der Waals surface area contributed by atoms with Gasteiger partial charge in [-0.05, 0) is 83.1 Å². The second-order valence-corrected chi connectivity index (χ2v) is 14.4. The lowest BCUT2D eigenvalue weighted by molar-refractivity contribution is -0.157. The summed E-state index contributed by atoms with van der Waals surface area (Å²) in [6.07, 6.45) is 6.33. The molecule has 310 valence electrons. The summed E-state index contributed by atoms with van der Waals surface area (Å²) in [6, 6.07) is 12.6. The van der Waals surface area contributed by atoms with Crippen LogP contribution in [0.25, 0.3) is 0 Å². The quantitative estimate of drug-likeness (QED) is 0.0640. The van der Waals surface area contributed by atoms with E-state index >= 15 is 0 Å². The van der Waals surface area contributed by atoms with Crippen LogP contribution >= 0.6 is 0 Å². The second-order valence-electron chi connectivity index (χ2n) is 14.4. The number of rotatable bonds is 19. The average molecular weight is 807 g/mol. The van der Waals surface area contributed by atoms with Crippen LogP contribution in [0.5, 0.6) is 11.5 Å². The summed E-state index contributed by atoms with van der Waals surface area (Å²) in [5.74, 6) is -2.25. The van der Waals surface area contributed by atoms with Crippen molar-refractivity contribution in [3.05, 3.63) is 126 Å². The van der Waals surface area contributed by atoms with Gasteiger partial charge in [-0.25, -0.2) is 9.48 Å². The number of amides is 3. The summed E-state index contributed by atoms with van der Waals surface area (Å²) < 4.78 is 23.7. The van der Waals surface area contributed by atoms with Gasteiger partial charge in [-0.3, -0.25) is 19.2 Å². The van der Waals surface area contributed by atoms with Gasteiger partial charge in [0.1, 0.15) is 36.9 Å². The van der Waals surface area contributed by atoms with E-state index in [4.69, 9.17) is 18.9 Å². The molecule has 4 rings (SSSR count). The van der Waals surface area contributed by atoms with Gasteiger partial charge in [0.15, 0.2) is 6.73 Å². The number of anilines is 3. The van der Waals surface area contributed by atoms with Crippen molar-refractivity contribution in [2.24, 2.45) is 11.3 Å². The van der Waals surface area contributed by atoms with Crippen LogP contribution in [-0.4, -0.2) is 64.5 Å². The molecule has 15 nitrogen and oxygen atoms in total. The first-order valence-electron chi connectivity index (χ1n) is 18.7. The lowest BCUT2D eigenvalue weighted by Crippen LogP contribution is -2.26. The summed E-state index contributed by atoms with van der Waals surface area (Å²) >= 11 is 0. The molecule has 0 unspecified atom stereocenters. The largest absolute Gasteiger partial charge is 0.488 e. The number of nitrogens with one attached hydrogen (secondary N) is 3. The van der Waals surface area contributed by atoms with E-state index in [1.807, 2.05) is 0 Å².